The highest BCUT2D eigenvalue weighted by molar-refractivity contribution is 5.92. The van der Waals surface area contributed by atoms with Gasteiger partial charge < -0.3 is 19.9 Å². The molecule has 0 aliphatic carbocycles. The van der Waals surface area contributed by atoms with E-state index < -0.39 is 5.97 Å². The Morgan fingerprint density at radius 3 is 2.59 bits per heavy atom. The molecule has 1 aromatic heterocycles. The van der Waals surface area contributed by atoms with Crippen molar-refractivity contribution in [1.29, 1.82) is 0 Å². The summed E-state index contributed by atoms with van der Waals surface area (Å²) in [5, 5.41) is 7.70. The van der Waals surface area contributed by atoms with Crippen LogP contribution >= 0.6 is 0 Å². The lowest BCUT2D eigenvalue weighted by Gasteiger charge is -2.11. The average molecular weight is 306 g/mol. The quantitative estimate of drug-likeness (QED) is 0.834. The van der Waals surface area contributed by atoms with Crippen molar-refractivity contribution < 1.29 is 19.0 Å². The SMILES string of the molecule is COc1ccc(OC)c(-n2nnc(C(=O)OC(C)C)c2N)c1. The Bertz CT molecular complexity index is 681. The predicted octanol–water partition coefficient (Wildman–Crippen LogP) is 1.43. The summed E-state index contributed by atoms with van der Waals surface area (Å²) in [5.41, 5.74) is 6.43. The van der Waals surface area contributed by atoms with Crippen molar-refractivity contribution in [2.45, 2.75) is 20.0 Å². The first-order valence-electron chi connectivity index (χ1n) is 6.62. The van der Waals surface area contributed by atoms with Crippen LogP contribution in [0.2, 0.25) is 0 Å². The van der Waals surface area contributed by atoms with Crippen LogP contribution in [0.1, 0.15) is 24.3 Å². The molecule has 0 aliphatic heterocycles. The number of nitrogens with zero attached hydrogens (tertiary/aromatic N) is 3. The summed E-state index contributed by atoms with van der Waals surface area (Å²) < 4.78 is 16.8. The molecule has 0 bridgehead atoms. The number of benzene rings is 1. The smallest absolute Gasteiger partial charge is 0.363 e. The first-order chi connectivity index (χ1) is 10.5. The highest BCUT2D eigenvalue weighted by atomic mass is 16.5. The highest BCUT2D eigenvalue weighted by Crippen LogP contribution is 2.29. The molecule has 0 saturated heterocycles. The van der Waals surface area contributed by atoms with Gasteiger partial charge >= 0.3 is 5.97 Å². The summed E-state index contributed by atoms with van der Waals surface area (Å²) in [6.07, 6.45) is -0.275. The van der Waals surface area contributed by atoms with E-state index in [9.17, 15) is 4.79 Å². The molecule has 2 N–H and O–H groups in total. The van der Waals surface area contributed by atoms with Gasteiger partial charge in [-0.15, -0.1) is 5.10 Å². The van der Waals surface area contributed by atoms with Gasteiger partial charge in [0.15, 0.2) is 5.82 Å². The number of hydrogen-bond acceptors (Lipinski definition) is 7. The van der Waals surface area contributed by atoms with Crippen LogP contribution in [0.3, 0.4) is 0 Å². The summed E-state index contributed by atoms with van der Waals surface area (Å²) in [6, 6.07) is 5.13. The summed E-state index contributed by atoms with van der Waals surface area (Å²) in [7, 11) is 3.06. The van der Waals surface area contributed by atoms with Gasteiger partial charge in [0, 0.05) is 6.07 Å². The number of carbonyl (C=O) groups is 1. The fourth-order valence-electron chi connectivity index (χ4n) is 1.84. The lowest BCUT2D eigenvalue weighted by atomic mass is 10.2. The Morgan fingerprint density at radius 1 is 1.27 bits per heavy atom. The van der Waals surface area contributed by atoms with Gasteiger partial charge in [-0.05, 0) is 26.0 Å². The first-order valence-corrected chi connectivity index (χ1v) is 6.62. The van der Waals surface area contributed by atoms with E-state index in [-0.39, 0.29) is 17.6 Å². The second-order valence-corrected chi connectivity index (χ2v) is 4.73. The molecule has 0 spiro atoms. The molecular formula is C14H18N4O4. The molecule has 0 saturated carbocycles. The monoisotopic (exact) mass is 306 g/mol. The van der Waals surface area contributed by atoms with E-state index in [1.165, 1.54) is 11.8 Å². The van der Waals surface area contributed by atoms with Gasteiger partial charge in [-0.25, -0.2) is 4.79 Å². The summed E-state index contributed by atoms with van der Waals surface area (Å²) in [5.74, 6) is 0.552. The number of aromatic nitrogens is 3. The van der Waals surface area contributed by atoms with E-state index in [0.717, 1.165) is 0 Å². The molecule has 1 heterocycles. The minimum Gasteiger partial charge on any atom is -0.497 e. The number of hydrogen-bond donors (Lipinski definition) is 1. The maximum Gasteiger partial charge on any atom is 0.363 e. The average Bonchev–Trinajstić information content (AvgIpc) is 2.87. The van der Waals surface area contributed by atoms with Gasteiger partial charge in [0.25, 0.3) is 0 Å². The van der Waals surface area contributed by atoms with E-state index in [2.05, 4.69) is 10.3 Å². The number of carbonyl (C=O) groups excluding carboxylic acids is 1. The maximum absolute atomic E-state index is 11.9. The zero-order valence-corrected chi connectivity index (χ0v) is 12.9. The molecule has 8 nitrogen and oxygen atoms in total. The maximum atomic E-state index is 11.9. The Labute approximate surface area is 127 Å². The van der Waals surface area contributed by atoms with Crippen molar-refractivity contribution >= 4 is 11.8 Å². The second-order valence-electron chi connectivity index (χ2n) is 4.73. The molecule has 1 aromatic carbocycles. The lowest BCUT2D eigenvalue weighted by molar-refractivity contribution is 0.0372. The minimum atomic E-state index is -0.624. The Kier molecular flexibility index (Phi) is 4.50. The van der Waals surface area contributed by atoms with Crippen LogP contribution < -0.4 is 15.2 Å². The molecule has 0 atom stereocenters. The zero-order chi connectivity index (χ0) is 16.3. The molecule has 0 aliphatic rings. The summed E-state index contributed by atoms with van der Waals surface area (Å²) >= 11 is 0. The van der Waals surface area contributed by atoms with Crippen molar-refractivity contribution in [3.05, 3.63) is 23.9 Å². The van der Waals surface area contributed by atoms with Crippen molar-refractivity contribution in [2.75, 3.05) is 20.0 Å². The molecule has 0 radical (unpaired) electrons. The molecule has 2 rings (SSSR count). The van der Waals surface area contributed by atoms with Crippen molar-refractivity contribution in [1.82, 2.24) is 15.0 Å². The van der Waals surface area contributed by atoms with Gasteiger partial charge in [-0.3, -0.25) is 0 Å². The molecule has 0 fully saturated rings. The summed E-state index contributed by atoms with van der Waals surface area (Å²) in [4.78, 5) is 11.9. The third-order valence-electron chi connectivity index (χ3n) is 2.86. The molecule has 2 aromatic rings. The molecular weight excluding hydrogens is 288 g/mol. The molecule has 22 heavy (non-hydrogen) atoms. The molecule has 0 unspecified atom stereocenters. The first kappa shape index (κ1) is 15.6. The molecule has 8 heteroatoms. The third-order valence-corrected chi connectivity index (χ3v) is 2.86. The topological polar surface area (TPSA) is 101 Å². The number of rotatable bonds is 5. The van der Waals surface area contributed by atoms with Crippen LogP contribution in [0.5, 0.6) is 11.5 Å². The molecule has 118 valence electrons. The minimum absolute atomic E-state index is 0.0430. The summed E-state index contributed by atoms with van der Waals surface area (Å²) in [6.45, 7) is 3.48. The van der Waals surface area contributed by atoms with Crippen molar-refractivity contribution in [3.8, 4) is 17.2 Å². The Morgan fingerprint density at radius 2 is 2.00 bits per heavy atom. The van der Waals surface area contributed by atoms with Crippen LogP contribution in [0, 0.1) is 0 Å². The van der Waals surface area contributed by atoms with Gasteiger partial charge in [-0.1, -0.05) is 5.21 Å². The van der Waals surface area contributed by atoms with Gasteiger partial charge in [-0.2, -0.15) is 4.68 Å². The van der Waals surface area contributed by atoms with Crippen LogP contribution in [-0.2, 0) is 4.74 Å². The molecule has 0 amide bonds. The Hall–Kier alpha value is -2.77. The largest absolute Gasteiger partial charge is 0.497 e. The van der Waals surface area contributed by atoms with Gasteiger partial charge in [0.05, 0.1) is 20.3 Å². The number of ether oxygens (including phenoxy) is 3. The fraction of sp³-hybridized carbons (Fsp3) is 0.357. The van der Waals surface area contributed by atoms with Crippen LogP contribution in [0.4, 0.5) is 5.82 Å². The third kappa shape index (κ3) is 2.95. The highest BCUT2D eigenvalue weighted by Gasteiger charge is 2.22. The van der Waals surface area contributed by atoms with E-state index >= 15 is 0 Å². The number of anilines is 1. The fourth-order valence-corrected chi connectivity index (χ4v) is 1.84. The zero-order valence-electron chi connectivity index (χ0n) is 12.9. The number of methoxy groups -OCH3 is 2. The van der Waals surface area contributed by atoms with E-state index in [1.54, 1.807) is 39.2 Å². The van der Waals surface area contributed by atoms with E-state index in [1.807, 2.05) is 0 Å². The lowest BCUT2D eigenvalue weighted by Crippen LogP contribution is -2.14. The standard InChI is InChI=1S/C14H18N4O4/c1-8(2)22-14(19)12-13(15)18(17-16-12)10-7-9(20-3)5-6-11(10)21-4/h5-8H,15H2,1-4H3. The van der Waals surface area contributed by atoms with Crippen molar-refractivity contribution in [2.24, 2.45) is 0 Å². The number of esters is 1. The van der Waals surface area contributed by atoms with Crippen molar-refractivity contribution in [3.63, 3.8) is 0 Å². The van der Waals surface area contributed by atoms with Crippen LogP contribution in [-0.4, -0.2) is 41.3 Å². The van der Waals surface area contributed by atoms with E-state index in [0.29, 0.717) is 17.2 Å². The number of nitrogens with two attached hydrogens (primary N) is 1. The van der Waals surface area contributed by atoms with Gasteiger partial charge in [0.1, 0.15) is 17.2 Å². The van der Waals surface area contributed by atoms with Crippen LogP contribution in [0.25, 0.3) is 5.69 Å². The number of nitrogen functional groups attached to an aromatic ring is 1. The predicted molar refractivity (Wildman–Crippen MR) is 79.4 cm³/mol. The van der Waals surface area contributed by atoms with Crippen LogP contribution in [0.15, 0.2) is 18.2 Å². The van der Waals surface area contributed by atoms with Gasteiger partial charge in [0.2, 0.25) is 5.69 Å². The second kappa shape index (κ2) is 6.33. The van der Waals surface area contributed by atoms with E-state index in [4.69, 9.17) is 19.9 Å². The Balaban J connectivity index is 2.46. The normalized spacial score (nSPS) is 10.6.